The molecule has 2 aromatic rings. The van der Waals surface area contributed by atoms with Gasteiger partial charge in [0.25, 0.3) is 0 Å². The van der Waals surface area contributed by atoms with Crippen LogP contribution in [0.5, 0.6) is 0 Å². The Hall–Kier alpha value is -2.26. The van der Waals surface area contributed by atoms with Crippen molar-refractivity contribution in [1.29, 1.82) is 0 Å². The molecule has 1 aromatic carbocycles. The summed E-state index contributed by atoms with van der Waals surface area (Å²) in [6.45, 7) is 4.40. The first-order chi connectivity index (χ1) is 13.3. The van der Waals surface area contributed by atoms with Gasteiger partial charge in [-0.3, -0.25) is 4.79 Å². The third-order valence-electron chi connectivity index (χ3n) is 4.59. The van der Waals surface area contributed by atoms with Crippen molar-refractivity contribution in [3.63, 3.8) is 0 Å². The Morgan fingerprint density at radius 2 is 2.14 bits per heavy atom. The molecule has 0 spiro atoms. The van der Waals surface area contributed by atoms with Crippen LogP contribution >= 0.6 is 11.8 Å². The average molecular weight is 407 g/mol. The number of thioether (sulfide) groups is 1. The maximum absolute atomic E-state index is 13.3. The quantitative estimate of drug-likeness (QED) is 0.653. The SMILES string of the molecule is C[C@@H]1SCc2ncnc(N[C@@H](C)CNC(=O)C(N)Cc3ccc(F)c(F)c3)c21. The molecule has 1 amide bonds. The number of fused-ring (bicyclic) bond motifs is 1. The number of rotatable bonds is 7. The molecule has 150 valence electrons. The molecule has 1 aliphatic heterocycles. The Morgan fingerprint density at radius 1 is 1.36 bits per heavy atom. The third-order valence-corrected chi connectivity index (χ3v) is 5.76. The smallest absolute Gasteiger partial charge is 0.237 e. The van der Waals surface area contributed by atoms with Crippen LogP contribution in [0.2, 0.25) is 0 Å². The lowest BCUT2D eigenvalue weighted by atomic mass is 10.1. The lowest BCUT2D eigenvalue weighted by molar-refractivity contribution is -0.122. The first kappa shape index (κ1) is 20.5. The number of halogens is 2. The number of aromatic nitrogens is 2. The molecule has 0 bridgehead atoms. The molecule has 6 nitrogen and oxygen atoms in total. The summed E-state index contributed by atoms with van der Waals surface area (Å²) in [5.74, 6) is -0.568. The van der Waals surface area contributed by atoms with Gasteiger partial charge in [0.05, 0.1) is 11.7 Å². The monoisotopic (exact) mass is 407 g/mol. The molecule has 28 heavy (non-hydrogen) atoms. The van der Waals surface area contributed by atoms with Gasteiger partial charge in [0.15, 0.2) is 11.6 Å². The summed E-state index contributed by atoms with van der Waals surface area (Å²) in [6.07, 6.45) is 1.67. The molecule has 0 saturated heterocycles. The van der Waals surface area contributed by atoms with Crippen molar-refractivity contribution in [3.05, 3.63) is 53.0 Å². The topological polar surface area (TPSA) is 92.9 Å². The Labute approximate surface area is 166 Å². The minimum Gasteiger partial charge on any atom is -0.365 e. The Bertz CT molecular complexity index is 866. The van der Waals surface area contributed by atoms with Crippen LogP contribution in [0, 0.1) is 11.6 Å². The zero-order valence-corrected chi connectivity index (χ0v) is 16.5. The minimum atomic E-state index is -0.951. The molecule has 3 rings (SSSR count). The van der Waals surface area contributed by atoms with Crippen molar-refractivity contribution in [2.45, 2.75) is 43.4 Å². The normalized spacial score (nSPS) is 17.7. The molecule has 1 unspecified atom stereocenters. The van der Waals surface area contributed by atoms with E-state index in [0.29, 0.717) is 17.4 Å². The summed E-state index contributed by atoms with van der Waals surface area (Å²) in [5.41, 5.74) is 8.52. The second kappa shape index (κ2) is 8.83. The van der Waals surface area contributed by atoms with Gasteiger partial charge in [-0.15, -0.1) is 11.8 Å². The summed E-state index contributed by atoms with van der Waals surface area (Å²) >= 11 is 1.81. The number of benzene rings is 1. The molecular formula is C19H23F2N5OS. The van der Waals surface area contributed by atoms with Gasteiger partial charge in [-0.1, -0.05) is 6.07 Å². The molecule has 1 aromatic heterocycles. The Kier molecular flexibility index (Phi) is 6.46. The average Bonchev–Trinajstić information content (AvgIpc) is 3.05. The second-order valence-corrected chi connectivity index (χ2v) is 8.21. The highest BCUT2D eigenvalue weighted by Gasteiger charge is 2.25. The van der Waals surface area contributed by atoms with Crippen LogP contribution in [-0.4, -0.2) is 34.5 Å². The highest BCUT2D eigenvalue weighted by atomic mass is 32.2. The van der Waals surface area contributed by atoms with Gasteiger partial charge >= 0.3 is 0 Å². The fourth-order valence-corrected chi connectivity index (χ4v) is 4.11. The predicted octanol–water partition coefficient (Wildman–Crippen LogP) is 2.55. The molecule has 0 aliphatic carbocycles. The first-order valence-corrected chi connectivity index (χ1v) is 10.1. The van der Waals surface area contributed by atoms with Crippen molar-refractivity contribution in [1.82, 2.24) is 15.3 Å². The number of carbonyl (C=O) groups excluding carboxylic acids is 1. The van der Waals surface area contributed by atoms with E-state index in [1.54, 1.807) is 6.33 Å². The van der Waals surface area contributed by atoms with Crippen LogP contribution in [0.25, 0.3) is 0 Å². The molecular weight excluding hydrogens is 384 g/mol. The minimum absolute atomic E-state index is 0.0729. The molecule has 2 heterocycles. The number of nitrogens with one attached hydrogen (secondary N) is 2. The fraction of sp³-hybridized carbons (Fsp3) is 0.421. The molecule has 9 heteroatoms. The summed E-state index contributed by atoms with van der Waals surface area (Å²) in [5, 5.41) is 6.43. The van der Waals surface area contributed by atoms with E-state index in [0.717, 1.165) is 35.0 Å². The Morgan fingerprint density at radius 3 is 2.89 bits per heavy atom. The van der Waals surface area contributed by atoms with E-state index in [9.17, 15) is 13.6 Å². The zero-order valence-electron chi connectivity index (χ0n) is 15.7. The number of nitrogens with zero attached hydrogens (tertiary/aromatic N) is 2. The number of anilines is 1. The maximum Gasteiger partial charge on any atom is 0.237 e. The Balaban J connectivity index is 1.51. The van der Waals surface area contributed by atoms with Gasteiger partial charge < -0.3 is 16.4 Å². The van der Waals surface area contributed by atoms with Crippen LogP contribution in [0.3, 0.4) is 0 Å². The van der Waals surface area contributed by atoms with Crippen molar-refractivity contribution in [2.75, 3.05) is 11.9 Å². The van der Waals surface area contributed by atoms with Crippen LogP contribution in [0.15, 0.2) is 24.5 Å². The maximum atomic E-state index is 13.3. The van der Waals surface area contributed by atoms with Gasteiger partial charge in [-0.05, 0) is 38.0 Å². The summed E-state index contributed by atoms with van der Waals surface area (Å²) in [6, 6.07) is 2.58. The van der Waals surface area contributed by atoms with Crippen molar-refractivity contribution in [2.24, 2.45) is 5.73 Å². The van der Waals surface area contributed by atoms with E-state index in [2.05, 4.69) is 27.5 Å². The fourth-order valence-electron chi connectivity index (χ4n) is 3.06. The van der Waals surface area contributed by atoms with Gasteiger partial charge in [0, 0.05) is 29.2 Å². The molecule has 0 fully saturated rings. The highest BCUT2D eigenvalue weighted by Crippen LogP contribution is 2.43. The zero-order chi connectivity index (χ0) is 20.3. The van der Waals surface area contributed by atoms with Gasteiger partial charge in [0.1, 0.15) is 12.1 Å². The molecule has 4 N–H and O–H groups in total. The van der Waals surface area contributed by atoms with Crippen LogP contribution in [0.4, 0.5) is 14.6 Å². The molecule has 1 aliphatic rings. The van der Waals surface area contributed by atoms with E-state index >= 15 is 0 Å². The number of hydrogen-bond donors (Lipinski definition) is 3. The lowest BCUT2D eigenvalue weighted by Crippen LogP contribution is -2.45. The lowest BCUT2D eigenvalue weighted by Gasteiger charge is -2.19. The van der Waals surface area contributed by atoms with E-state index in [4.69, 9.17) is 5.73 Å². The van der Waals surface area contributed by atoms with Gasteiger partial charge in [0.2, 0.25) is 5.91 Å². The highest BCUT2D eigenvalue weighted by molar-refractivity contribution is 7.99. The summed E-state index contributed by atoms with van der Waals surface area (Å²) in [7, 11) is 0. The van der Waals surface area contributed by atoms with Crippen LogP contribution < -0.4 is 16.4 Å². The predicted molar refractivity (Wildman–Crippen MR) is 106 cm³/mol. The van der Waals surface area contributed by atoms with E-state index < -0.39 is 17.7 Å². The second-order valence-electron chi connectivity index (χ2n) is 6.89. The van der Waals surface area contributed by atoms with Gasteiger partial charge in [-0.25, -0.2) is 18.7 Å². The molecule has 0 saturated carbocycles. The van der Waals surface area contributed by atoms with Crippen molar-refractivity contribution >= 4 is 23.5 Å². The largest absolute Gasteiger partial charge is 0.365 e. The third kappa shape index (κ3) is 4.77. The standard InChI is InChI=1S/C19H23F2N5OS/c1-10(26-18-17-11(2)28-8-16(17)24-9-25-18)7-23-19(27)15(22)6-12-3-4-13(20)14(21)5-12/h3-5,9-11,15H,6-8,22H2,1-2H3,(H,23,27)(H,24,25,26)/t10-,11-,15?/m0/s1. The van der Waals surface area contributed by atoms with Gasteiger partial charge in [-0.2, -0.15) is 0 Å². The van der Waals surface area contributed by atoms with Crippen LogP contribution in [0.1, 0.15) is 35.9 Å². The summed E-state index contributed by atoms with van der Waals surface area (Å²) in [4.78, 5) is 20.9. The van der Waals surface area contributed by atoms with E-state index in [-0.39, 0.29) is 18.4 Å². The number of hydrogen-bond acceptors (Lipinski definition) is 6. The van der Waals surface area contributed by atoms with E-state index in [1.165, 1.54) is 6.07 Å². The van der Waals surface area contributed by atoms with E-state index in [1.807, 2.05) is 18.7 Å². The number of amides is 1. The number of nitrogens with two attached hydrogens (primary N) is 1. The molecule has 3 atom stereocenters. The van der Waals surface area contributed by atoms with Crippen LogP contribution in [-0.2, 0) is 17.0 Å². The van der Waals surface area contributed by atoms with Crippen molar-refractivity contribution in [3.8, 4) is 0 Å². The van der Waals surface area contributed by atoms with Crippen molar-refractivity contribution < 1.29 is 13.6 Å². The molecule has 0 radical (unpaired) electrons. The summed E-state index contributed by atoms with van der Waals surface area (Å²) < 4.78 is 26.3. The first-order valence-electron chi connectivity index (χ1n) is 9.04. The number of carbonyl (C=O) groups is 1.